The third-order valence-electron chi connectivity index (χ3n) is 3.22. The second-order valence-corrected chi connectivity index (χ2v) is 6.59. The van der Waals surface area contributed by atoms with Crippen molar-refractivity contribution < 1.29 is 8.42 Å². The zero-order chi connectivity index (χ0) is 14.8. The molecule has 0 unspecified atom stereocenters. The second-order valence-electron chi connectivity index (χ2n) is 4.62. The fraction of sp³-hybridized carbons (Fsp3) is 0.286. The van der Waals surface area contributed by atoms with E-state index in [1.54, 1.807) is 31.4 Å². The minimum atomic E-state index is -3.53. The first-order chi connectivity index (χ1) is 9.46. The van der Waals surface area contributed by atoms with Crippen LogP contribution in [0, 0.1) is 0 Å². The smallest absolute Gasteiger partial charge is 0.265 e. The number of rotatable bonds is 5. The third kappa shape index (κ3) is 2.71. The summed E-state index contributed by atoms with van der Waals surface area (Å²) in [5.41, 5.74) is 1.57. The molecule has 1 N–H and O–H groups in total. The summed E-state index contributed by atoms with van der Waals surface area (Å²) >= 11 is 0. The van der Waals surface area contributed by atoms with Crippen LogP contribution in [0.25, 0.3) is 0 Å². The van der Waals surface area contributed by atoms with Gasteiger partial charge in [0.25, 0.3) is 10.0 Å². The van der Waals surface area contributed by atoms with Crippen molar-refractivity contribution in [3.05, 3.63) is 48.3 Å². The van der Waals surface area contributed by atoms with E-state index < -0.39 is 10.0 Å². The molecule has 6 heteroatoms. The van der Waals surface area contributed by atoms with Gasteiger partial charge in [0, 0.05) is 32.5 Å². The number of aromatic nitrogens is 1. The first kappa shape index (κ1) is 14.6. The highest BCUT2D eigenvalue weighted by atomic mass is 32.2. The van der Waals surface area contributed by atoms with Crippen molar-refractivity contribution in [3.8, 4) is 0 Å². The Balaban J connectivity index is 2.38. The Morgan fingerprint density at radius 3 is 2.50 bits per heavy atom. The van der Waals surface area contributed by atoms with Gasteiger partial charge in [0.1, 0.15) is 4.90 Å². The molecule has 0 bridgehead atoms. The van der Waals surface area contributed by atoms with E-state index >= 15 is 0 Å². The second kappa shape index (κ2) is 5.68. The number of sulfonamides is 1. The number of nitrogens with zero attached hydrogens (tertiary/aromatic N) is 2. The van der Waals surface area contributed by atoms with E-state index in [0.29, 0.717) is 17.1 Å². The predicted octanol–water partition coefficient (Wildman–Crippen LogP) is 1.57. The van der Waals surface area contributed by atoms with Crippen molar-refractivity contribution in [2.75, 3.05) is 18.4 Å². The van der Waals surface area contributed by atoms with Crippen LogP contribution in [-0.4, -0.2) is 27.1 Å². The van der Waals surface area contributed by atoms with Crippen LogP contribution < -0.4 is 9.62 Å². The summed E-state index contributed by atoms with van der Waals surface area (Å²) in [4.78, 5) is 0.302. The largest absolute Gasteiger partial charge is 0.352 e. The fourth-order valence-electron chi connectivity index (χ4n) is 2.01. The summed E-state index contributed by atoms with van der Waals surface area (Å²) in [5, 5.41) is 3.02. The number of para-hydroxylation sites is 1. The Morgan fingerprint density at radius 2 is 1.90 bits per heavy atom. The fourth-order valence-corrected chi connectivity index (χ4v) is 3.30. The maximum Gasteiger partial charge on any atom is 0.265 e. The van der Waals surface area contributed by atoms with Crippen LogP contribution in [0.3, 0.4) is 0 Å². The molecule has 5 nitrogen and oxygen atoms in total. The van der Waals surface area contributed by atoms with Gasteiger partial charge in [-0.25, -0.2) is 8.42 Å². The number of benzene rings is 1. The Bertz CT molecular complexity index is 678. The van der Waals surface area contributed by atoms with Crippen molar-refractivity contribution in [2.24, 2.45) is 7.05 Å². The van der Waals surface area contributed by atoms with Gasteiger partial charge >= 0.3 is 0 Å². The van der Waals surface area contributed by atoms with Gasteiger partial charge in [0.05, 0.1) is 5.69 Å². The summed E-state index contributed by atoms with van der Waals surface area (Å²) in [5.74, 6) is 0. The maximum atomic E-state index is 12.6. The minimum Gasteiger partial charge on any atom is -0.352 e. The van der Waals surface area contributed by atoms with E-state index in [9.17, 15) is 8.42 Å². The van der Waals surface area contributed by atoms with Crippen LogP contribution in [0.4, 0.5) is 5.69 Å². The van der Waals surface area contributed by atoms with Gasteiger partial charge in [-0.15, -0.1) is 0 Å². The van der Waals surface area contributed by atoms with Gasteiger partial charge in [-0.05, 0) is 25.2 Å². The molecule has 0 spiro atoms. The van der Waals surface area contributed by atoms with Crippen molar-refractivity contribution in [2.45, 2.75) is 11.4 Å². The lowest BCUT2D eigenvalue weighted by Gasteiger charge is -2.18. The maximum absolute atomic E-state index is 12.6. The van der Waals surface area contributed by atoms with E-state index in [0.717, 1.165) is 5.69 Å². The van der Waals surface area contributed by atoms with E-state index in [-0.39, 0.29) is 0 Å². The molecule has 0 fully saturated rings. The number of hydrogen-bond acceptors (Lipinski definition) is 3. The van der Waals surface area contributed by atoms with E-state index in [1.165, 1.54) is 4.31 Å². The van der Waals surface area contributed by atoms with Crippen molar-refractivity contribution in [1.82, 2.24) is 9.88 Å². The highest BCUT2D eigenvalue weighted by Gasteiger charge is 2.23. The minimum absolute atomic E-state index is 0.302. The molecule has 0 saturated carbocycles. The lowest BCUT2D eigenvalue weighted by molar-refractivity contribution is 0.594. The normalized spacial score (nSPS) is 11.6. The molecular weight excluding hydrogens is 274 g/mol. The molecule has 1 aromatic heterocycles. The first-order valence-electron chi connectivity index (χ1n) is 6.30. The van der Waals surface area contributed by atoms with Crippen molar-refractivity contribution in [3.63, 3.8) is 0 Å². The summed E-state index contributed by atoms with van der Waals surface area (Å²) in [6, 6.07) is 10.7. The molecule has 0 saturated heterocycles. The zero-order valence-electron chi connectivity index (χ0n) is 11.9. The highest BCUT2D eigenvalue weighted by Crippen LogP contribution is 2.22. The standard InChI is InChI=1S/C14H19N3O2S/c1-15-10-13-9-14(11-16(13)2)20(18,19)17(3)12-7-5-4-6-8-12/h4-9,11,15H,10H2,1-3H3. The van der Waals surface area contributed by atoms with Crippen molar-refractivity contribution in [1.29, 1.82) is 0 Å². The summed E-state index contributed by atoms with van der Waals surface area (Å²) in [6.07, 6.45) is 1.64. The van der Waals surface area contributed by atoms with Crippen LogP contribution in [0.1, 0.15) is 5.69 Å². The molecular formula is C14H19N3O2S. The molecule has 1 aromatic carbocycles. The number of aryl methyl sites for hydroxylation is 1. The Kier molecular flexibility index (Phi) is 4.15. The van der Waals surface area contributed by atoms with E-state index in [2.05, 4.69) is 5.32 Å². The molecule has 0 aliphatic heterocycles. The van der Waals surface area contributed by atoms with Gasteiger partial charge in [-0.2, -0.15) is 0 Å². The SMILES string of the molecule is CNCc1cc(S(=O)(=O)N(C)c2ccccc2)cn1C. The number of nitrogens with one attached hydrogen (secondary N) is 1. The Labute approximate surface area is 119 Å². The molecule has 0 aliphatic rings. The quantitative estimate of drug-likeness (QED) is 0.910. The molecule has 0 amide bonds. The molecule has 2 aromatic rings. The molecule has 0 aliphatic carbocycles. The van der Waals surface area contributed by atoms with Gasteiger partial charge in [0.15, 0.2) is 0 Å². The lowest BCUT2D eigenvalue weighted by atomic mass is 10.3. The molecule has 2 rings (SSSR count). The van der Waals surface area contributed by atoms with Crippen LogP contribution in [-0.2, 0) is 23.6 Å². The number of hydrogen-bond donors (Lipinski definition) is 1. The van der Waals surface area contributed by atoms with Gasteiger partial charge in [-0.3, -0.25) is 4.31 Å². The number of anilines is 1. The Hall–Kier alpha value is -1.79. The van der Waals surface area contributed by atoms with E-state index in [1.807, 2.05) is 36.9 Å². The third-order valence-corrected chi connectivity index (χ3v) is 4.97. The first-order valence-corrected chi connectivity index (χ1v) is 7.74. The van der Waals surface area contributed by atoms with Gasteiger partial charge in [-0.1, -0.05) is 18.2 Å². The summed E-state index contributed by atoms with van der Waals surface area (Å²) in [6.45, 7) is 0.626. The molecule has 20 heavy (non-hydrogen) atoms. The summed E-state index contributed by atoms with van der Waals surface area (Å²) < 4.78 is 28.3. The topological polar surface area (TPSA) is 54.3 Å². The molecule has 1 heterocycles. The van der Waals surface area contributed by atoms with Crippen LogP contribution >= 0.6 is 0 Å². The van der Waals surface area contributed by atoms with Gasteiger partial charge < -0.3 is 9.88 Å². The predicted molar refractivity (Wildman–Crippen MR) is 80.2 cm³/mol. The zero-order valence-corrected chi connectivity index (χ0v) is 12.7. The van der Waals surface area contributed by atoms with Crippen LogP contribution in [0.5, 0.6) is 0 Å². The average molecular weight is 293 g/mol. The molecule has 0 radical (unpaired) electrons. The molecule has 108 valence electrons. The van der Waals surface area contributed by atoms with Crippen LogP contribution in [0.15, 0.2) is 47.5 Å². The Morgan fingerprint density at radius 1 is 1.25 bits per heavy atom. The molecule has 0 atom stereocenters. The monoisotopic (exact) mass is 293 g/mol. The lowest BCUT2D eigenvalue weighted by Crippen LogP contribution is -2.26. The summed E-state index contributed by atoms with van der Waals surface area (Å²) in [7, 11) is 1.71. The van der Waals surface area contributed by atoms with E-state index in [4.69, 9.17) is 0 Å². The van der Waals surface area contributed by atoms with Crippen LogP contribution in [0.2, 0.25) is 0 Å². The average Bonchev–Trinajstić information content (AvgIpc) is 2.81. The van der Waals surface area contributed by atoms with Gasteiger partial charge in [0.2, 0.25) is 0 Å². The highest BCUT2D eigenvalue weighted by molar-refractivity contribution is 7.92. The van der Waals surface area contributed by atoms with Crippen molar-refractivity contribution >= 4 is 15.7 Å².